The van der Waals surface area contributed by atoms with E-state index in [2.05, 4.69) is 10.3 Å². The molecule has 0 radical (unpaired) electrons. The third-order valence-corrected chi connectivity index (χ3v) is 8.91. The Hall–Kier alpha value is -1.93. The molecular formula is C23H27N3O3S2. The maximum Gasteiger partial charge on any atom is 0.237 e. The van der Waals surface area contributed by atoms with E-state index < -0.39 is 0 Å². The van der Waals surface area contributed by atoms with E-state index in [1.807, 2.05) is 18.2 Å². The Labute approximate surface area is 190 Å². The fourth-order valence-electron chi connectivity index (χ4n) is 5.15. The molecule has 31 heavy (non-hydrogen) atoms. The molecule has 2 aliphatic carbocycles. The van der Waals surface area contributed by atoms with Gasteiger partial charge < -0.3 is 5.32 Å². The highest BCUT2D eigenvalue weighted by Gasteiger charge is 2.48. The lowest BCUT2D eigenvalue weighted by atomic mass is 9.81. The molecule has 0 bridgehead atoms. The first kappa shape index (κ1) is 20.9. The Kier molecular flexibility index (Phi) is 6.01. The van der Waals surface area contributed by atoms with Crippen LogP contribution in [0, 0.1) is 11.8 Å². The minimum Gasteiger partial charge on any atom is -0.353 e. The van der Waals surface area contributed by atoms with Crippen LogP contribution in [-0.2, 0) is 14.4 Å². The lowest BCUT2D eigenvalue weighted by Crippen LogP contribution is -2.37. The predicted octanol–water partition coefficient (Wildman–Crippen LogP) is 4.52. The quantitative estimate of drug-likeness (QED) is 0.528. The minimum atomic E-state index is -0.146. The smallest absolute Gasteiger partial charge is 0.237 e. The highest BCUT2D eigenvalue weighted by Crippen LogP contribution is 2.41. The second kappa shape index (κ2) is 8.90. The van der Waals surface area contributed by atoms with Gasteiger partial charge in [-0.15, -0.1) is 11.3 Å². The van der Waals surface area contributed by atoms with Crippen LogP contribution in [0.5, 0.6) is 0 Å². The Balaban J connectivity index is 1.26. The molecule has 2 saturated carbocycles. The predicted molar refractivity (Wildman–Crippen MR) is 123 cm³/mol. The zero-order valence-corrected chi connectivity index (χ0v) is 19.1. The molecule has 2 atom stereocenters. The molecule has 1 aromatic heterocycles. The molecule has 2 heterocycles. The van der Waals surface area contributed by atoms with Gasteiger partial charge in [0.1, 0.15) is 0 Å². The van der Waals surface area contributed by atoms with Crippen molar-refractivity contribution in [1.82, 2.24) is 10.3 Å². The van der Waals surface area contributed by atoms with Gasteiger partial charge in [0.05, 0.1) is 33.5 Å². The molecule has 3 amide bonds. The van der Waals surface area contributed by atoms with E-state index in [9.17, 15) is 14.4 Å². The molecule has 0 unspecified atom stereocenters. The number of imide groups is 1. The fraction of sp³-hybridized carbons (Fsp3) is 0.565. The van der Waals surface area contributed by atoms with Crippen molar-refractivity contribution in [3.63, 3.8) is 0 Å². The molecule has 3 aliphatic rings. The van der Waals surface area contributed by atoms with E-state index in [0.717, 1.165) is 53.1 Å². The van der Waals surface area contributed by atoms with Crippen molar-refractivity contribution < 1.29 is 14.4 Å². The number of hydrogen-bond acceptors (Lipinski definition) is 6. The van der Waals surface area contributed by atoms with E-state index in [0.29, 0.717) is 17.5 Å². The number of fused-ring (bicyclic) bond motifs is 2. The third kappa shape index (κ3) is 4.24. The monoisotopic (exact) mass is 457 g/mol. The number of aromatic nitrogens is 1. The summed E-state index contributed by atoms with van der Waals surface area (Å²) in [6, 6.07) is 5.90. The van der Waals surface area contributed by atoms with Crippen molar-refractivity contribution in [3.05, 3.63) is 18.2 Å². The zero-order chi connectivity index (χ0) is 21.4. The molecule has 164 valence electrons. The number of thioether (sulfide) groups is 1. The molecule has 1 saturated heterocycles. The van der Waals surface area contributed by atoms with Crippen LogP contribution in [0.4, 0.5) is 5.69 Å². The van der Waals surface area contributed by atoms with Crippen molar-refractivity contribution in [1.29, 1.82) is 0 Å². The molecule has 0 spiro atoms. The van der Waals surface area contributed by atoms with Gasteiger partial charge >= 0.3 is 0 Å². The third-order valence-electron chi connectivity index (χ3n) is 6.75. The number of benzene rings is 1. The average molecular weight is 458 g/mol. The van der Waals surface area contributed by atoms with Gasteiger partial charge in [-0.25, -0.2) is 4.98 Å². The van der Waals surface area contributed by atoms with E-state index in [-0.39, 0.29) is 29.6 Å². The van der Waals surface area contributed by atoms with Crippen molar-refractivity contribution >= 4 is 56.7 Å². The van der Waals surface area contributed by atoms with Gasteiger partial charge in [-0.2, -0.15) is 0 Å². The van der Waals surface area contributed by atoms with Crippen LogP contribution in [0.2, 0.25) is 0 Å². The molecule has 2 aromatic rings. The summed E-state index contributed by atoms with van der Waals surface area (Å²) in [4.78, 5) is 44.1. The van der Waals surface area contributed by atoms with Gasteiger partial charge in [-0.05, 0) is 43.9 Å². The number of nitrogens with one attached hydrogen (secondary N) is 1. The van der Waals surface area contributed by atoms with Gasteiger partial charge in [-0.1, -0.05) is 43.9 Å². The molecule has 1 N–H and O–H groups in total. The normalized spacial score (nSPS) is 24.6. The standard InChI is InChI=1S/C23H27N3O3S2/c27-20(24-14-6-2-1-3-7-14)13-30-23-25-18-11-10-15(12-19(18)31-23)26-21(28)16-8-4-5-9-17(16)22(26)29/h10-12,14,16-17H,1-9,13H2,(H,24,27)/t16-,17+. The molecule has 1 aliphatic heterocycles. The van der Waals surface area contributed by atoms with Gasteiger partial charge in [0.15, 0.2) is 4.34 Å². The second-order valence-electron chi connectivity index (χ2n) is 8.83. The van der Waals surface area contributed by atoms with Crippen LogP contribution in [0.1, 0.15) is 57.8 Å². The van der Waals surface area contributed by atoms with Crippen LogP contribution < -0.4 is 10.2 Å². The van der Waals surface area contributed by atoms with E-state index in [1.54, 1.807) is 0 Å². The van der Waals surface area contributed by atoms with Crippen LogP contribution in [0.15, 0.2) is 22.5 Å². The Morgan fingerprint density at radius 1 is 1.03 bits per heavy atom. The zero-order valence-electron chi connectivity index (χ0n) is 17.5. The van der Waals surface area contributed by atoms with Crippen molar-refractivity contribution in [3.8, 4) is 0 Å². The second-order valence-corrected chi connectivity index (χ2v) is 11.1. The first-order valence-corrected chi connectivity index (χ1v) is 13.1. The highest BCUT2D eigenvalue weighted by atomic mass is 32.2. The number of carbonyl (C=O) groups is 3. The van der Waals surface area contributed by atoms with Gasteiger partial charge in [0.2, 0.25) is 17.7 Å². The maximum atomic E-state index is 12.9. The van der Waals surface area contributed by atoms with E-state index in [4.69, 9.17) is 0 Å². The fourth-order valence-corrected chi connectivity index (χ4v) is 7.07. The molecule has 6 nitrogen and oxygen atoms in total. The molecule has 5 rings (SSSR count). The first-order valence-electron chi connectivity index (χ1n) is 11.3. The summed E-state index contributed by atoms with van der Waals surface area (Å²) in [6.07, 6.45) is 9.50. The summed E-state index contributed by atoms with van der Waals surface area (Å²) in [7, 11) is 0. The van der Waals surface area contributed by atoms with Gasteiger partial charge in [0.25, 0.3) is 0 Å². The van der Waals surface area contributed by atoms with Crippen LogP contribution >= 0.6 is 23.1 Å². The van der Waals surface area contributed by atoms with Crippen molar-refractivity contribution in [2.45, 2.75) is 68.2 Å². The number of hydrogen-bond donors (Lipinski definition) is 1. The highest BCUT2D eigenvalue weighted by molar-refractivity contribution is 8.01. The SMILES string of the molecule is O=C(CSc1nc2ccc(N3C(=O)[C@H]4CCCC[C@H]4C3=O)cc2s1)NC1CCCCC1. The average Bonchev–Trinajstić information content (AvgIpc) is 3.31. The maximum absolute atomic E-state index is 12.9. The molecule has 3 fully saturated rings. The number of carbonyl (C=O) groups excluding carboxylic acids is 3. The van der Waals surface area contributed by atoms with Crippen LogP contribution in [-0.4, -0.2) is 34.5 Å². The largest absolute Gasteiger partial charge is 0.353 e. The van der Waals surface area contributed by atoms with E-state index in [1.165, 1.54) is 47.3 Å². The Bertz CT molecular complexity index is 991. The number of nitrogens with zero attached hydrogens (tertiary/aromatic N) is 2. The van der Waals surface area contributed by atoms with Crippen molar-refractivity contribution in [2.24, 2.45) is 11.8 Å². The summed E-state index contributed by atoms with van der Waals surface area (Å²) in [5, 5.41) is 3.14. The Morgan fingerprint density at radius 2 is 1.71 bits per heavy atom. The van der Waals surface area contributed by atoms with Crippen molar-refractivity contribution in [2.75, 3.05) is 10.7 Å². The number of thiazole rings is 1. The lowest BCUT2D eigenvalue weighted by molar-refractivity contribution is -0.122. The van der Waals surface area contributed by atoms with Gasteiger partial charge in [0, 0.05) is 6.04 Å². The topological polar surface area (TPSA) is 79.4 Å². The molecular weight excluding hydrogens is 430 g/mol. The summed E-state index contributed by atoms with van der Waals surface area (Å²) in [6.45, 7) is 0. The van der Waals surface area contributed by atoms with E-state index >= 15 is 0 Å². The van der Waals surface area contributed by atoms with Gasteiger partial charge in [-0.3, -0.25) is 19.3 Å². The van der Waals surface area contributed by atoms with Crippen LogP contribution in [0.3, 0.4) is 0 Å². The Morgan fingerprint density at radius 3 is 2.42 bits per heavy atom. The molecule has 8 heteroatoms. The lowest BCUT2D eigenvalue weighted by Gasteiger charge is -2.22. The van der Waals surface area contributed by atoms with Crippen LogP contribution in [0.25, 0.3) is 10.2 Å². The summed E-state index contributed by atoms with van der Waals surface area (Å²) in [5.74, 6) is 0.0301. The number of amides is 3. The molecule has 1 aromatic carbocycles. The number of anilines is 1. The minimum absolute atomic E-state index is 0.0486. The summed E-state index contributed by atoms with van der Waals surface area (Å²) in [5.41, 5.74) is 1.48. The summed E-state index contributed by atoms with van der Waals surface area (Å²) >= 11 is 2.96. The first-order chi connectivity index (χ1) is 15.1. The number of rotatable bonds is 5. The summed E-state index contributed by atoms with van der Waals surface area (Å²) < 4.78 is 1.77.